The van der Waals surface area contributed by atoms with Gasteiger partial charge in [0.1, 0.15) is 35.3 Å². The lowest BCUT2D eigenvalue weighted by atomic mass is 9.96. The molecule has 2 aliphatic heterocycles. The van der Waals surface area contributed by atoms with Crippen LogP contribution >= 0.6 is 0 Å². The summed E-state index contributed by atoms with van der Waals surface area (Å²) in [5, 5.41) is 20.7. The van der Waals surface area contributed by atoms with Crippen molar-refractivity contribution in [2.75, 3.05) is 0 Å². The maximum Gasteiger partial charge on any atom is 0.125 e. The molecule has 0 aliphatic carbocycles. The summed E-state index contributed by atoms with van der Waals surface area (Å²) < 4.78 is 38.0. The van der Waals surface area contributed by atoms with Crippen molar-refractivity contribution in [3.05, 3.63) is 131 Å². The van der Waals surface area contributed by atoms with Crippen molar-refractivity contribution in [2.45, 2.75) is 88.6 Å². The summed E-state index contributed by atoms with van der Waals surface area (Å²) in [5.41, 5.74) is 4.38. The number of aliphatic hydroxyl groups is 2. The molecular weight excluding hydrogens is 558 g/mol. The van der Waals surface area contributed by atoms with Crippen LogP contribution in [0.1, 0.15) is 60.8 Å². The number of hydrogen-bond donors (Lipinski definition) is 2. The number of fused-ring (bicyclic) bond motifs is 2. The topological polar surface area (TPSA) is 58.9 Å². The quantitative estimate of drug-likeness (QED) is 0.195. The van der Waals surface area contributed by atoms with E-state index < -0.39 is 12.2 Å². The van der Waals surface area contributed by atoms with E-state index in [4.69, 9.17) is 9.47 Å². The fourth-order valence-corrected chi connectivity index (χ4v) is 5.99. The van der Waals surface area contributed by atoms with Crippen LogP contribution in [0.2, 0.25) is 0 Å². The van der Waals surface area contributed by atoms with Crippen molar-refractivity contribution in [3.8, 4) is 11.5 Å². The highest BCUT2D eigenvalue weighted by molar-refractivity contribution is 5.37. The molecular formula is C38H42F2O4. The highest BCUT2D eigenvalue weighted by Gasteiger charge is 2.27. The van der Waals surface area contributed by atoms with Gasteiger partial charge in [-0.15, -0.1) is 0 Å². The number of halogens is 2. The molecule has 4 aromatic rings. The first-order valence-electron chi connectivity index (χ1n) is 15.8. The summed E-state index contributed by atoms with van der Waals surface area (Å²) in [7, 11) is 0. The molecule has 0 spiro atoms. The first-order chi connectivity index (χ1) is 21.4. The molecule has 0 aromatic heterocycles. The molecule has 2 N–H and O–H groups in total. The van der Waals surface area contributed by atoms with Crippen molar-refractivity contribution in [2.24, 2.45) is 0 Å². The lowest BCUT2D eigenvalue weighted by Gasteiger charge is -2.29. The Morgan fingerprint density at radius 2 is 1.00 bits per heavy atom. The minimum atomic E-state index is -0.470. The van der Waals surface area contributed by atoms with Crippen LogP contribution in [0.4, 0.5) is 8.78 Å². The van der Waals surface area contributed by atoms with Gasteiger partial charge in [0.05, 0.1) is 12.2 Å². The van der Waals surface area contributed by atoms with Gasteiger partial charge in [0.25, 0.3) is 0 Å². The van der Waals surface area contributed by atoms with E-state index in [1.807, 2.05) is 36.4 Å². The largest absolute Gasteiger partial charge is 0.487 e. The molecule has 4 nitrogen and oxygen atoms in total. The minimum Gasteiger partial charge on any atom is -0.487 e. The van der Waals surface area contributed by atoms with Crippen LogP contribution in [0.5, 0.6) is 11.5 Å². The molecule has 6 rings (SSSR count). The molecule has 0 saturated carbocycles. The molecule has 0 radical (unpaired) electrons. The molecule has 4 atom stereocenters. The van der Waals surface area contributed by atoms with Gasteiger partial charge in [-0.1, -0.05) is 60.7 Å². The molecule has 6 heteroatoms. The average molecular weight is 601 g/mol. The summed E-state index contributed by atoms with van der Waals surface area (Å²) in [6.07, 6.45) is 6.91. The number of aryl methyl sites for hydroxylation is 4. The Bertz CT molecular complexity index is 1340. The van der Waals surface area contributed by atoms with Gasteiger partial charge in [0.15, 0.2) is 0 Å². The maximum atomic E-state index is 13.2. The summed E-state index contributed by atoms with van der Waals surface area (Å²) in [5.74, 6) is 0.952. The molecule has 4 aromatic carbocycles. The maximum absolute atomic E-state index is 13.2. The molecule has 0 saturated heterocycles. The van der Waals surface area contributed by atoms with Crippen LogP contribution in [0, 0.1) is 11.6 Å². The number of rotatable bonds is 10. The van der Waals surface area contributed by atoms with Crippen molar-refractivity contribution in [1.29, 1.82) is 0 Å². The van der Waals surface area contributed by atoms with Gasteiger partial charge in [-0.2, -0.15) is 0 Å². The van der Waals surface area contributed by atoms with Gasteiger partial charge in [-0.05, 0) is 123 Å². The second-order valence-corrected chi connectivity index (χ2v) is 11.8. The fourth-order valence-electron chi connectivity index (χ4n) is 5.99. The normalized spacial score (nSPS) is 18.4. The summed E-state index contributed by atoms with van der Waals surface area (Å²) in [6, 6.07) is 29.7. The average Bonchev–Trinajstić information content (AvgIpc) is 3.05. The van der Waals surface area contributed by atoms with Gasteiger partial charge in [-0.25, -0.2) is 8.78 Å². The Labute approximate surface area is 259 Å². The van der Waals surface area contributed by atoms with Crippen LogP contribution < -0.4 is 9.47 Å². The molecule has 2 heterocycles. The van der Waals surface area contributed by atoms with E-state index in [1.54, 1.807) is 12.1 Å². The Balaban J connectivity index is 0.000000175. The predicted octanol–water partition coefficient (Wildman–Crippen LogP) is 7.81. The second-order valence-electron chi connectivity index (χ2n) is 11.8. The first-order valence-corrected chi connectivity index (χ1v) is 15.8. The Kier molecular flexibility index (Phi) is 11.4. The number of benzene rings is 4. The minimum absolute atomic E-state index is 0.186. The van der Waals surface area contributed by atoms with Gasteiger partial charge in [0.2, 0.25) is 0 Å². The molecule has 0 bridgehead atoms. The van der Waals surface area contributed by atoms with E-state index in [0.29, 0.717) is 11.5 Å². The van der Waals surface area contributed by atoms with Crippen LogP contribution in [0.15, 0.2) is 97.1 Å². The predicted molar refractivity (Wildman–Crippen MR) is 169 cm³/mol. The van der Waals surface area contributed by atoms with E-state index in [-0.39, 0.29) is 23.8 Å². The van der Waals surface area contributed by atoms with Crippen LogP contribution in [-0.4, -0.2) is 34.6 Å². The Hall–Kier alpha value is -3.74. The molecule has 44 heavy (non-hydrogen) atoms. The zero-order chi connectivity index (χ0) is 30.7. The van der Waals surface area contributed by atoms with E-state index in [9.17, 15) is 19.0 Å². The van der Waals surface area contributed by atoms with Gasteiger partial charge >= 0.3 is 0 Å². The van der Waals surface area contributed by atoms with Crippen LogP contribution in [-0.2, 0) is 25.7 Å². The number of hydrogen-bond acceptors (Lipinski definition) is 4. The molecule has 0 fully saturated rings. The molecule has 232 valence electrons. The molecule has 0 amide bonds. The van der Waals surface area contributed by atoms with Crippen molar-refractivity contribution >= 4 is 0 Å². The standard InChI is InChI=1S/2C19H21FO2/c2*20-16-10-12-18-15(13-16)9-11-19(22-18)17(21)8-4-7-14-5-2-1-3-6-14/h2*1-3,5-6,10,12-13,17,19,21H,4,7-9,11H2/t2*17-,19+/m10/s1. The van der Waals surface area contributed by atoms with Crippen molar-refractivity contribution in [1.82, 2.24) is 0 Å². The van der Waals surface area contributed by atoms with Crippen LogP contribution in [0.3, 0.4) is 0 Å². The van der Waals surface area contributed by atoms with Crippen molar-refractivity contribution < 1.29 is 28.5 Å². The third-order valence-corrected chi connectivity index (χ3v) is 8.47. The zero-order valence-corrected chi connectivity index (χ0v) is 25.1. The zero-order valence-electron chi connectivity index (χ0n) is 25.1. The second kappa shape index (κ2) is 15.8. The number of ether oxygens (including phenoxy) is 2. The SMILES string of the molecule is O[C@@H](CCCc1ccccc1)[C@H]1CCc2cc(F)ccc2O1.O[C@H](CCCc1ccccc1)[C@@H]1CCc2cc(F)ccc2O1. The van der Waals surface area contributed by atoms with Gasteiger partial charge in [-0.3, -0.25) is 0 Å². The van der Waals surface area contributed by atoms with E-state index in [0.717, 1.165) is 75.3 Å². The lowest BCUT2D eigenvalue weighted by molar-refractivity contribution is 0.0179. The fraction of sp³-hybridized carbons (Fsp3) is 0.368. The van der Waals surface area contributed by atoms with Crippen LogP contribution in [0.25, 0.3) is 0 Å². The number of aliphatic hydroxyl groups excluding tert-OH is 2. The summed E-state index contributed by atoms with van der Waals surface area (Å²) in [6.45, 7) is 0. The highest BCUT2D eigenvalue weighted by atomic mass is 19.1. The van der Waals surface area contributed by atoms with E-state index in [2.05, 4.69) is 24.3 Å². The lowest BCUT2D eigenvalue weighted by Crippen LogP contribution is -2.35. The molecule has 2 aliphatic rings. The third kappa shape index (κ3) is 9.13. The monoisotopic (exact) mass is 600 g/mol. The molecule has 0 unspecified atom stereocenters. The summed E-state index contributed by atoms with van der Waals surface area (Å²) in [4.78, 5) is 0. The Morgan fingerprint density at radius 1 is 0.591 bits per heavy atom. The first kappa shape index (κ1) is 31.7. The summed E-state index contributed by atoms with van der Waals surface area (Å²) >= 11 is 0. The highest BCUT2D eigenvalue weighted by Crippen LogP contribution is 2.31. The third-order valence-electron chi connectivity index (χ3n) is 8.47. The van der Waals surface area contributed by atoms with E-state index >= 15 is 0 Å². The van der Waals surface area contributed by atoms with E-state index in [1.165, 1.54) is 35.4 Å². The van der Waals surface area contributed by atoms with Crippen molar-refractivity contribution in [3.63, 3.8) is 0 Å². The van der Waals surface area contributed by atoms with Gasteiger partial charge < -0.3 is 19.7 Å². The Morgan fingerprint density at radius 3 is 1.41 bits per heavy atom. The van der Waals surface area contributed by atoms with Gasteiger partial charge in [0, 0.05) is 0 Å². The smallest absolute Gasteiger partial charge is 0.125 e.